The number of carbonyl (C=O) groups is 1. The van der Waals surface area contributed by atoms with Crippen LogP contribution in [0.4, 0.5) is 0 Å². The molecule has 0 aliphatic rings. The maximum atomic E-state index is 11.4. The van der Waals surface area contributed by atoms with Crippen molar-refractivity contribution < 1.29 is 4.79 Å². The number of nitrogens with zero attached hydrogens (tertiary/aromatic N) is 2. The van der Waals surface area contributed by atoms with Gasteiger partial charge < -0.3 is 5.32 Å². The highest BCUT2D eigenvalue weighted by molar-refractivity contribution is 5.90. The van der Waals surface area contributed by atoms with Gasteiger partial charge in [0, 0.05) is 0 Å². The second-order valence-corrected chi connectivity index (χ2v) is 2.82. The molecule has 0 bridgehead atoms. The maximum absolute atomic E-state index is 11.4. The summed E-state index contributed by atoms with van der Waals surface area (Å²) in [7, 11) is 0. The van der Waals surface area contributed by atoms with Crippen molar-refractivity contribution >= 4 is 5.91 Å². The Morgan fingerprint density at radius 2 is 2.64 bits per heavy atom. The molecule has 1 aromatic heterocycles. The van der Waals surface area contributed by atoms with E-state index in [0.29, 0.717) is 0 Å². The summed E-state index contributed by atoms with van der Waals surface area (Å²) in [5, 5.41) is 8.70. The standard InChI is InChI=1S/C9H12N4O/c1-3-5-7(4-2)12-9(14)8-10-6-11-13-8/h2,6-7H,3,5H2,1H3,(H,12,14)(H,10,11,13). The van der Waals surface area contributed by atoms with Gasteiger partial charge in [-0.3, -0.25) is 9.89 Å². The maximum Gasteiger partial charge on any atom is 0.289 e. The lowest BCUT2D eigenvalue weighted by molar-refractivity contribution is 0.0934. The van der Waals surface area contributed by atoms with E-state index in [1.807, 2.05) is 6.92 Å². The van der Waals surface area contributed by atoms with Crippen LogP contribution in [0.25, 0.3) is 0 Å². The Labute approximate surface area is 82.3 Å². The number of aromatic amines is 1. The van der Waals surface area contributed by atoms with Crippen LogP contribution in [0.15, 0.2) is 6.33 Å². The molecule has 74 valence electrons. The van der Waals surface area contributed by atoms with Gasteiger partial charge >= 0.3 is 0 Å². The minimum Gasteiger partial charge on any atom is -0.336 e. The van der Waals surface area contributed by atoms with E-state index in [9.17, 15) is 4.79 Å². The molecular formula is C9H12N4O. The van der Waals surface area contributed by atoms with Crippen LogP contribution >= 0.6 is 0 Å². The van der Waals surface area contributed by atoms with Gasteiger partial charge in [0.1, 0.15) is 6.33 Å². The summed E-state index contributed by atoms with van der Waals surface area (Å²) in [5.41, 5.74) is 0. The average Bonchev–Trinajstić information content (AvgIpc) is 2.69. The Bertz CT molecular complexity index is 325. The van der Waals surface area contributed by atoms with Gasteiger partial charge in [-0.15, -0.1) is 6.42 Å². The quantitative estimate of drug-likeness (QED) is 0.675. The van der Waals surface area contributed by atoms with Gasteiger partial charge in [0.15, 0.2) is 0 Å². The predicted octanol–water partition coefficient (Wildman–Crippen LogP) is 0.336. The van der Waals surface area contributed by atoms with Gasteiger partial charge in [0.05, 0.1) is 6.04 Å². The summed E-state index contributed by atoms with van der Waals surface area (Å²) >= 11 is 0. The molecule has 1 rings (SSSR count). The summed E-state index contributed by atoms with van der Waals surface area (Å²) in [6.07, 6.45) is 8.21. The first kappa shape index (κ1) is 10.3. The number of hydrogen-bond acceptors (Lipinski definition) is 3. The molecule has 1 aromatic rings. The number of nitrogens with one attached hydrogen (secondary N) is 2. The van der Waals surface area contributed by atoms with Crippen molar-refractivity contribution in [2.75, 3.05) is 0 Å². The first-order valence-corrected chi connectivity index (χ1v) is 4.40. The van der Waals surface area contributed by atoms with Gasteiger partial charge in [-0.05, 0) is 6.42 Å². The largest absolute Gasteiger partial charge is 0.336 e. The van der Waals surface area contributed by atoms with Crippen LogP contribution in [0.5, 0.6) is 0 Å². The molecule has 1 amide bonds. The van der Waals surface area contributed by atoms with Crippen LogP contribution < -0.4 is 5.32 Å². The topological polar surface area (TPSA) is 70.7 Å². The highest BCUT2D eigenvalue weighted by Crippen LogP contribution is 1.96. The van der Waals surface area contributed by atoms with Gasteiger partial charge in [-0.1, -0.05) is 19.3 Å². The molecule has 0 aliphatic heterocycles. The van der Waals surface area contributed by atoms with E-state index < -0.39 is 0 Å². The van der Waals surface area contributed by atoms with Gasteiger partial charge in [0.2, 0.25) is 5.82 Å². The molecule has 0 aromatic carbocycles. The van der Waals surface area contributed by atoms with Gasteiger partial charge in [0.25, 0.3) is 5.91 Å². The average molecular weight is 192 g/mol. The molecular weight excluding hydrogens is 180 g/mol. The minimum atomic E-state index is -0.320. The van der Waals surface area contributed by atoms with Gasteiger partial charge in [-0.25, -0.2) is 4.98 Å². The number of carbonyl (C=O) groups excluding carboxylic acids is 1. The Kier molecular flexibility index (Phi) is 3.68. The molecule has 1 heterocycles. The van der Waals surface area contributed by atoms with Crippen molar-refractivity contribution in [3.8, 4) is 12.3 Å². The van der Waals surface area contributed by atoms with E-state index >= 15 is 0 Å². The number of H-pyrrole nitrogens is 1. The number of amides is 1. The molecule has 5 nitrogen and oxygen atoms in total. The Hall–Kier alpha value is -1.83. The Morgan fingerprint density at radius 3 is 3.14 bits per heavy atom. The summed E-state index contributed by atoms with van der Waals surface area (Å²) < 4.78 is 0. The van der Waals surface area contributed by atoms with E-state index in [1.54, 1.807) is 0 Å². The monoisotopic (exact) mass is 192 g/mol. The van der Waals surface area contributed by atoms with Crippen LogP contribution in [-0.4, -0.2) is 27.1 Å². The fraction of sp³-hybridized carbons (Fsp3) is 0.444. The summed E-state index contributed by atoms with van der Waals surface area (Å²) in [5.74, 6) is 2.36. The molecule has 0 spiro atoms. The lowest BCUT2D eigenvalue weighted by atomic mass is 10.2. The predicted molar refractivity (Wildman–Crippen MR) is 51.4 cm³/mol. The van der Waals surface area contributed by atoms with Crippen molar-refractivity contribution in [3.63, 3.8) is 0 Å². The van der Waals surface area contributed by atoms with Crippen molar-refractivity contribution in [2.45, 2.75) is 25.8 Å². The fourth-order valence-electron chi connectivity index (χ4n) is 1.03. The first-order valence-electron chi connectivity index (χ1n) is 4.40. The van der Waals surface area contributed by atoms with Gasteiger partial charge in [-0.2, -0.15) is 5.10 Å². The van der Waals surface area contributed by atoms with Crippen molar-refractivity contribution in [1.29, 1.82) is 0 Å². The smallest absolute Gasteiger partial charge is 0.289 e. The van der Waals surface area contributed by atoms with Crippen LogP contribution in [0.1, 0.15) is 30.4 Å². The second-order valence-electron chi connectivity index (χ2n) is 2.82. The number of aromatic nitrogens is 3. The van der Waals surface area contributed by atoms with E-state index in [1.165, 1.54) is 6.33 Å². The third-order valence-corrected chi connectivity index (χ3v) is 1.71. The molecule has 5 heteroatoms. The van der Waals surface area contributed by atoms with Crippen LogP contribution in [-0.2, 0) is 0 Å². The first-order chi connectivity index (χ1) is 6.77. The van der Waals surface area contributed by atoms with Crippen molar-refractivity contribution in [3.05, 3.63) is 12.2 Å². The summed E-state index contributed by atoms with van der Waals surface area (Å²) in [6.45, 7) is 2.00. The van der Waals surface area contributed by atoms with E-state index in [-0.39, 0.29) is 17.8 Å². The molecule has 0 fully saturated rings. The molecule has 0 saturated heterocycles. The van der Waals surface area contributed by atoms with Crippen molar-refractivity contribution in [2.24, 2.45) is 0 Å². The molecule has 1 unspecified atom stereocenters. The normalized spacial score (nSPS) is 11.7. The highest BCUT2D eigenvalue weighted by atomic mass is 16.2. The van der Waals surface area contributed by atoms with E-state index in [2.05, 4.69) is 26.4 Å². The minimum absolute atomic E-state index is 0.182. The third kappa shape index (κ3) is 2.59. The lowest BCUT2D eigenvalue weighted by Crippen LogP contribution is -2.34. The molecule has 14 heavy (non-hydrogen) atoms. The SMILES string of the molecule is C#CC(CCC)NC(=O)c1ncn[nH]1. The van der Waals surface area contributed by atoms with E-state index in [0.717, 1.165) is 12.8 Å². The molecule has 0 radical (unpaired) electrons. The molecule has 1 atom stereocenters. The number of terminal acetylenes is 1. The Morgan fingerprint density at radius 1 is 1.86 bits per heavy atom. The summed E-state index contributed by atoms with van der Waals surface area (Å²) in [6, 6.07) is -0.238. The zero-order chi connectivity index (χ0) is 10.4. The molecule has 2 N–H and O–H groups in total. The van der Waals surface area contributed by atoms with E-state index in [4.69, 9.17) is 6.42 Å². The zero-order valence-electron chi connectivity index (χ0n) is 7.95. The number of hydrogen-bond donors (Lipinski definition) is 2. The highest BCUT2D eigenvalue weighted by Gasteiger charge is 2.12. The lowest BCUT2D eigenvalue weighted by Gasteiger charge is -2.09. The molecule has 0 saturated carbocycles. The zero-order valence-corrected chi connectivity index (χ0v) is 7.95. The fourth-order valence-corrected chi connectivity index (χ4v) is 1.03. The molecule has 0 aliphatic carbocycles. The van der Waals surface area contributed by atoms with Crippen LogP contribution in [0, 0.1) is 12.3 Å². The van der Waals surface area contributed by atoms with Crippen molar-refractivity contribution in [1.82, 2.24) is 20.5 Å². The second kappa shape index (κ2) is 5.02. The van der Waals surface area contributed by atoms with Crippen LogP contribution in [0.3, 0.4) is 0 Å². The summed E-state index contributed by atoms with van der Waals surface area (Å²) in [4.78, 5) is 15.1. The van der Waals surface area contributed by atoms with Crippen LogP contribution in [0.2, 0.25) is 0 Å². The third-order valence-electron chi connectivity index (χ3n) is 1.71. The number of rotatable bonds is 4. The Balaban J connectivity index is 2.52.